The maximum atomic E-state index is 12.6. The van der Waals surface area contributed by atoms with Crippen molar-refractivity contribution in [3.8, 4) is 0 Å². The van der Waals surface area contributed by atoms with Gasteiger partial charge in [-0.25, -0.2) is 9.59 Å². The molecular formula is C39H73NO6. The quantitative estimate of drug-likeness (QED) is 0.0407. The van der Waals surface area contributed by atoms with Crippen LogP contribution < -0.4 is 5.11 Å². The van der Waals surface area contributed by atoms with E-state index < -0.39 is 40.5 Å². The summed E-state index contributed by atoms with van der Waals surface area (Å²) in [5.74, 6) is -3.55. The van der Waals surface area contributed by atoms with Gasteiger partial charge in [0, 0.05) is 19.3 Å². The van der Waals surface area contributed by atoms with E-state index in [-0.39, 0.29) is 25.8 Å². The predicted octanol–water partition coefficient (Wildman–Crippen LogP) is 9.61. The summed E-state index contributed by atoms with van der Waals surface area (Å²) < 4.78 is -0.432. The summed E-state index contributed by atoms with van der Waals surface area (Å²) in [5, 5.41) is 33.1. The molecule has 0 aliphatic carbocycles. The standard InChI is InChI=1S/C39H73NO6/c1-5-9-10-11-12-13-14-15-16-17-18-19-20-21-22-23-24-25-26-27-28-29-33-40(34(30-6-2)37(41)42,35(31-7-3)38(43)44)36(32-8-4)39(45)46/h13-14,34-36H,5-12,15-33H2,1-4H3,(H2-,41,42,43,44,45,46)/b14-13+. The van der Waals surface area contributed by atoms with Gasteiger partial charge in [-0.2, -0.15) is 0 Å². The highest BCUT2D eigenvalue weighted by molar-refractivity contribution is 5.77. The number of quaternary nitrogens is 1. The molecule has 7 heteroatoms. The Balaban J connectivity index is 4.57. The summed E-state index contributed by atoms with van der Waals surface area (Å²) in [4.78, 5) is 37.7. The Morgan fingerprint density at radius 1 is 0.500 bits per heavy atom. The first-order chi connectivity index (χ1) is 22.2. The first-order valence-electron chi connectivity index (χ1n) is 19.4. The average Bonchev–Trinajstić information content (AvgIpc) is 3.02. The summed E-state index contributed by atoms with van der Waals surface area (Å²) in [6.07, 6.45) is 31.4. The molecule has 3 atom stereocenters. The lowest BCUT2D eigenvalue weighted by molar-refractivity contribution is -0.975. The average molecular weight is 652 g/mol. The third kappa shape index (κ3) is 18.4. The van der Waals surface area contributed by atoms with E-state index in [4.69, 9.17) is 0 Å². The second-order valence-electron chi connectivity index (χ2n) is 13.7. The van der Waals surface area contributed by atoms with Crippen molar-refractivity contribution in [1.82, 2.24) is 0 Å². The summed E-state index contributed by atoms with van der Waals surface area (Å²) in [6, 6.07) is -3.32. The van der Waals surface area contributed by atoms with Crippen LogP contribution in [-0.4, -0.2) is 57.3 Å². The number of carbonyl (C=O) groups excluding carboxylic acids is 1. The molecule has 7 nitrogen and oxygen atoms in total. The maximum absolute atomic E-state index is 12.6. The number of rotatable bonds is 34. The highest BCUT2D eigenvalue weighted by atomic mass is 16.4. The molecule has 0 spiro atoms. The van der Waals surface area contributed by atoms with E-state index in [2.05, 4.69) is 19.1 Å². The van der Waals surface area contributed by atoms with Crippen LogP contribution in [0.4, 0.5) is 0 Å². The molecular weight excluding hydrogens is 578 g/mol. The zero-order chi connectivity index (χ0) is 34.5. The number of hydrogen-bond donors (Lipinski definition) is 2. The number of unbranched alkanes of at least 4 members (excludes halogenated alkanes) is 18. The smallest absolute Gasteiger partial charge is 0.362 e. The first kappa shape index (κ1) is 44.1. The van der Waals surface area contributed by atoms with E-state index in [1.165, 1.54) is 103 Å². The molecule has 0 amide bonds. The second kappa shape index (κ2) is 29.3. The fraction of sp³-hybridized carbons (Fsp3) is 0.872. The highest BCUT2D eigenvalue weighted by Gasteiger charge is 2.54. The first-order valence-corrected chi connectivity index (χ1v) is 19.4. The van der Waals surface area contributed by atoms with Gasteiger partial charge in [0.2, 0.25) is 0 Å². The van der Waals surface area contributed by atoms with Gasteiger partial charge in [0.25, 0.3) is 0 Å². The van der Waals surface area contributed by atoms with Crippen LogP contribution in [0.1, 0.15) is 195 Å². The van der Waals surface area contributed by atoms with Gasteiger partial charge in [0.05, 0.1) is 12.5 Å². The molecule has 0 saturated carbocycles. The number of carboxylic acid groups (broad SMARTS) is 3. The van der Waals surface area contributed by atoms with Crippen LogP contribution >= 0.6 is 0 Å². The highest BCUT2D eigenvalue weighted by Crippen LogP contribution is 2.34. The summed E-state index contributed by atoms with van der Waals surface area (Å²) in [7, 11) is 0. The zero-order valence-electron chi connectivity index (χ0n) is 30.5. The molecule has 270 valence electrons. The van der Waals surface area contributed by atoms with Gasteiger partial charge in [-0.15, -0.1) is 0 Å². The molecule has 0 aromatic carbocycles. The SMILES string of the molecule is CCCCCC/C=C/CCCCCCCCCCCCCCCC[N+](C(CCC)C(=O)[O-])(C(CCC)C(=O)O)C(CCC)C(=O)O. The van der Waals surface area contributed by atoms with Gasteiger partial charge >= 0.3 is 11.9 Å². The third-order valence-electron chi connectivity index (χ3n) is 9.83. The zero-order valence-corrected chi connectivity index (χ0v) is 30.5. The van der Waals surface area contributed by atoms with Crippen molar-refractivity contribution in [3.05, 3.63) is 12.2 Å². The lowest BCUT2D eigenvalue weighted by Gasteiger charge is -2.52. The molecule has 0 heterocycles. The van der Waals surface area contributed by atoms with Crippen LogP contribution in [0, 0.1) is 0 Å². The molecule has 0 rings (SSSR count). The minimum Gasteiger partial charge on any atom is -0.544 e. The van der Waals surface area contributed by atoms with E-state index in [9.17, 15) is 29.7 Å². The number of carbonyl (C=O) groups is 3. The molecule has 0 aromatic heterocycles. The Bertz CT molecular complexity index is 738. The van der Waals surface area contributed by atoms with E-state index in [0.717, 1.165) is 19.3 Å². The van der Waals surface area contributed by atoms with Gasteiger partial charge in [-0.3, -0.25) is 4.48 Å². The Kier molecular flexibility index (Phi) is 28.1. The number of hydrogen-bond acceptors (Lipinski definition) is 4. The largest absolute Gasteiger partial charge is 0.544 e. The van der Waals surface area contributed by atoms with Crippen molar-refractivity contribution >= 4 is 17.9 Å². The molecule has 46 heavy (non-hydrogen) atoms. The topological polar surface area (TPSA) is 115 Å². The van der Waals surface area contributed by atoms with Gasteiger partial charge in [-0.05, 0) is 51.4 Å². The molecule has 0 fully saturated rings. The van der Waals surface area contributed by atoms with Crippen molar-refractivity contribution in [3.63, 3.8) is 0 Å². The Morgan fingerprint density at radius 2 is 0.826 bits per heavy atom. The van der Waals surface area contributed by atoms with Crippen molar-refractivity contribution in [2.45, 2.75) is 213 Å². The van der Waals surface area contributed by atoms with Crippen LogP contribution in [0.3, 0.4) is 0 Å². The molecule has 0 bridgehead atoms. The monoisotopic (exact) mass is 652 g/mol. The fourth-order valence-corrected chi connectivity index (χ4v) is 7.33. The van der Waals surface area contributed by atoms with Crippen LogP contribution in [0.25, 0.3) is 0 Å². The van der Waals surface area contributed by atoms with E-state index in [1.54, 1.807) is 0 Å². The molecule has 2 N–H and O–H groups in total. The normalized spacial score (nSPS) is 15.0. The Morgan fingerprint density at radius 3 is 1.15 bits per heavy atom. The summed E-state index contributed by atoms with van der Waals surface area (Å²) in [5.41, 5.74) is 0. The Hall–Kier alpha value is -1.89. The molecule has 3 unspecified atom stereocenters. The van der Waals surface area contributed by atoms with Crippen molar-refractivity contribution in [1.29, 1.82) is 0 Å². The number of carboxylic acids is 3. The molecule has 0 aliphatic rings. The number of aliphatic carboxylic acids is 3. The summed E-state index contributed by atoms with van der Waals surface area (Å²) >= 11 is 0. The maximum Gasteiger partial charge on any atom is 0.362 e. The van der Waals surface area contributed by atoms with E-state index in [0.29, 0.717) is 25.7 Å². The van der Waals surface area contributed by atoms with Gasteiger partial charge in [0.15, 0.2) is 12.1 Å². The van der Waals surface area contributed by atoms with Gasteiger partial charge in [-0.1, -0.05) is 136 Å². The third-order valence-corrected chi connectivity index (χ3v) is 9.83. The van der Waals surface area contributed by atoms with Crippen molar-refractivity contribution < 1.29 is 34.2 Å². The lowest BCUT2D eigenvalue weighted by atomic mass is 9.91. The van der Waals surface area contributed by atoms with E-state index in [1.807, 2.05) is 20.8 Å². The Labute approximate surface area is 283 Å². The second-order valence-corrected chi connectivity index (χ2v) is 13.7. The van der Waals surface area contributed by atoms with Crippen LogP contribution in [0.15, 0.2) is 12.2 Å². The fourth-order valence-electron chi connectivity index (χ4n) is 7.33. The minimum atomic E-state index is -1.33. The molecule has 0 aliphatic heterocycles. The molecule has 0 saturated heterocycles. The molecule has 0 radical (unpaired) electrons. The van der Waals surface area contributed by atoms with Gasteiger partial charge in [0.1, 0.15) is 6.04 Å². The van der Waals surface area contributed by atoms with E-state index >= 15 is 0 Å². The van der Waals surface area contributed by atoms with Crippen LogP contribution in [0.2, 0.25) is 0 Å². The number of allylic oxidation sites excluding steroid dienone is 2. The predicted molar refractivity (Wildman–Crippen MR) is 189 cm³/mol. The summed E-state index contributed by atoms with van der Waals surface area (Å²) in [6.45, 7) is 8.08. The van der Waals surface area contributed by atoms with Gasteiger partial charge < -0.3 is 20.1 Å². The van der Waals surface area contributed by atoms with Crippen molar-refractivity contribution in [2.24, 2.45) is 0 Å². The van der Waals surface area contributed by atoms with Crippen LogP contribution in [0.5, 0.6) is 0 Å². The van der Waals surface area contributed by atoms with Crippen LogP contribution in [-0.2, 0) is 14.4 Å². The lowest BCUT2D eigenvalue weighted by Crippen LogP contribution is -2.74. The van der Waals surface area contributed by atoms with Crippen molar-refractivity contribution in [2.75, 3.05) is 6.54 Å². The molecule has 0 aromatic rings. The minimum absolute atomic E-state index is 0.209. The number of nitrogens with zero attached hydrogens (tertiary/aromatic N) is 1.